The molecular weight excluding hydrogens is 423 g/mol. The van der Waals surface area contributed by atoms with Crippen LogP contribution in [-0.2, 0) is 9.59 Å². The third-order valence-corrected chi connectivity index (χ3v) is 5.72. The molecule has 1 unspecified atom stereocenters. The number of hydrogen-bond donors (Lipinski definition) is 1. The van der Waals surface area contributed by atoms with Crippen molar-refractivity contribution in [1.29, 1.82) is 0 Å². The van der Waals surface area contributed by atoms with Gasteiger partial charge >= 0.3 is 0 Å². The first-order chi connectivity index (χ1) is 15.7. The first kappa shape index (κ1) is 24.5. The molecule has 1 aliphatic heterocycles. The molecule has 0 aliphatic carbocycles. The Morgan fingerprint density at radius 2 is 1.85 bits per heavy atom. The van der Waals surface area contributed by atoms with Crippen LogP contribution in [-0.4, -0.2) is 60.4 Å². The molecule has 6 nitrogen and oxygen atoms in total. The summed E-state index contributed by atoms with van der Waals surface area (Å²) in [5.41, 5.74) is 1.81. The minimum absolute atomic E-state index is 0.00409. The first-order valence-corrected chi connectivity index (χ1v) is 11.2. The molecule has 1 saturated heterocycles. The van der Waals surface area contributed by atoms with E-state index >= 15 is 0 Å². The van der Waals surface area contributed by atoms with E-state index in [1.165, 1.54) is 29.2 Å². The van der Waals surface area contributed by atoms with Crippen LogP contribution >= 0.6 is 0 Å². The molecule has 2 aromatic carbocycles. The molecule has 1 amide bonds. The number of ether oxygens (including phenoxy) is 1. The Morgan fingerprint density at radius 1 is 1.15 bits per heavy atom. The molecule has 0 bridgehead atoms. The van der Waals surface area contributed by atoms with Gasteiger partial charge in [-0.05, 0) is 68.9 Å². The molecular formula is C26H31FN2O4. The average Bonchev–Trinajstić information content (AvgIpc) is 3.03. The van der Waals surface area contributed by atoms with Gasteiger partial charge in [0.1, 0.15) is 17.3 Å². The number of nitrogens with zero attached hydrogens (tertiary/aromatic N) is 2. The summed E-state index contributed by atoms with van der Waals surface area (Å²) in [7, 11) is 3.74. The van der Waals surface area contributed by atoms with Crippen LogP contribution in [0.2, 0.25) is 0 Å². The molecule has 1 fully saturated rings. The van der Waals surface area contributed by atoms with E-state index in [0.717, 1.165) is 18.4 Å². The summed E-state index contributed by atoms with van der Waals surface area (Å²) >= 11 is 0. The smallest absolute Gasteiger partial charge is 0.295 e. The molecule has 1 atom stereocenters. The van der Waals surface area contributed by atoms with Gasteiger partial charge in [-0.2, -0.15) is 0 Å². The summed E-state index contributed by atoms with van der Waals surface area (Å²) in [5, 5.41) is 11.2. The van der Waals surface area contributed by atoms with E-state index in [4.69, 9.17) is 4.74 Å². The molecule has 0 aromatic heterocycles. The van der Waals surface area contributed by atoms with Gasteiger partial charge in [-0.15, -0.1) is 0 Å². The van der Waals surface area contributed by atoms with Gasteiger partial charge in [-0.3, -0.25) is 9.59 Å². The molecule has 0 spiro atoms. The monoisotopic (exact) mass is 454 g/mol. The van der Waals surface area contributed by atoms with Gasteiger partial charge in [0.25, 0.3) is 11.7 Å². The number of hydrogen-bond acceptors (Lipinski definition) is 5. The second-order valence-corrected chi connectivity index (χ2v) is 8.53. The van der Waals surface area contributed by atoms with Crippen molar-refractivity contribution in [3.8, 4) is 5.75 Å². The number of aliphatic hydroxyl groups is 1. The lowest BCUT2D eigenvalue weighted by Crippen LogP contribution is -2.35. The van der Waals surface area contributed by atoms with E-state index in [1.807, 2.05) is 25.9 Å². The number of aryl methyl sites for hydroxylation is 1. The van der Waals surface area contributed by atoms with Crippen LogP contribution in [0.4, 0.5) is 4.39 Å². The molecule has 1 N–H and O–H groups in total. The number of carbonyl (C=O) groups excluding carboxylic acids is 2. The summed E-state index contributed by atoms with van der Waals surface area (Å²) in [6, 6.07) is 10.0. The number of likely N-dealkylation sites (N-methyl/N-ethyl adjacent to an activating group) is 1. The van der Waals surface area contributed by atoms with E-state index in [-0.39, 0.29) is 11.3 Å². The second-order valence-electron chi connectivity index (χ2n) is 8.53. The zero-order valence-electron chi connectivity index (χ0n) is 19.6. The van der Waals surface area contributed by atoms with Crippen LogP contribution in [0.1, 0.15) is 42.5 Å². The molecule has 0 saturated carbocycles. The second kappa shape index (κ2) is 10.6. The third-order valence-electron chi connectivity index (χ3n) is 5.72. The predicted octanol–water partition coefficient (Wildman–Crippen LogP) is 4.30. The van der Waals surface area contributed by atoms with Crippen molar-refractivity contribution in [3.05, 3.63) is 70.5 Å². The van der Waals surface area contributed by atoms with E-state index in [2.05, 4.69) is 6.92 Å². The Kier molecular flexibility index (Phi) is 7.87. The number of ketones is 1. The van der Waals surface area contributed by atoms with Crippen LogP contribution in [0.5, 0.6) is 5.75 Å². The Labute approximate surface area is 194 Å². The lowest BCUT2D eigenvalue weighted by Gasteiger charge is -2.26. The molecule has 2 aromatic rings. The van der Waals surface area contributed by atoms with Crippen molar-refractivity contribution in [2.45, 2.75) is 32.7 Å². The van der Waals surface area contributed by atoms with Gasteiger partial charge in [0.05, 0.1) is 18.2 Å². The van der Waals surface area contributed by atoms with Crippen molar-refractivity contribution in [2.75, 3.05) is 33.8 Å². The highest BCUT2D eigenvalue weighted by Gasteiger charge is 2.45. The van der Waals surface area contributed by atoms with Gasteiger partial charge in [0, 0.05) is 18.7 Å². The van der Waals surface area contributed by atoms with Crippen LogP contribution in [0.25, 0.3) is 5.76 Å². The fourth-order valence-corrected chi connectivity index (χ4v) is 3.85. The maximum atomic E-state index is 13.6. The fourth-order valence-electron chi connectivity index (χ4n) is 3.85. The standard InChI is InChI=1S/C26H31FN2O4/c1-5-6-15-33-21-12-9-19(16-17(21)2)24(30)22-23(18-7-10-20(27)11-8-18)29(14-13-28(3)4)26(32)25(22)31/h7-12,16,23,30H,5-6,13-15H2,1-4H3/b24-22-. The molecule has 1 aliphatic rings. The van der Waals surface area contributed by atoms with E-state index in [9.17, 15) is 19.1 Å². The molecule has 33 heavy (non-hydrogen) atoms. The largest absolute Gasteiger partial charge is 0.507 e. The van der Waals surface area contributed by atoms with Crippen molar-refractivity contribution in [3.63, 3.8) is 0 Å². The number of benzene rings is 2. The molecule has 3 rings (SSSR count). The molecule has 1 heterocycles. The average molecular weight is 455 g/mol. The predicted molar refractivity (Wildman–Crippen MR) is 126 cm³/mol. The Morgan fingerprint density at radius 3 is 2.45 bits per heavy atom. The minimum Gasteiger partial charge on any atom is -0.507 e. The number of rotatable bonds is 9. The van der Waals surface area contributed by atoms with Gasteiger partial charge in [-0.25, -0.2) is 4.39 Å². The zero-order chi connectivity index (χ0) is 24.1. The number of Topliss-reactive ketones (excluding diaryl/α,β-unsaturated/α-hetero) is 1. The summed E-state index contributed by atoms with van der Waals surface area (Å²) < 4.78 is 19.3. The quantitative estimate of drug-likeness (QED) is 0.265. The zero-order valence-corrected chi connectivity index (χ0v) is 19.6. The normalized spacial score (nSPS) is 17.8. The SMILES string of the molecule is CCCCOc1ccc(/C(O)=C2/C(=O)C(=O)N(CCN(C)C)C2c2ccc(F)cc2)cc1C. The Hall–Kier alpha value is -3.19. The van der Waals surface area contributed by atoms with E-state index in [0.29, 0.717) is 36.6 Å². The maximum Gasteiger partial charge on any atom is 0.295 e. The number of carbonyl (C=O) groups is 2. The van der Waals surface area contributed by atoms with E-state index in [1.54, 1.807) is 18.2 Å². The minimum atomic E-state index is -0.800. The fraction of sp³-hybridized carbons (Fsp3) is 0.385. The topological polar surface area (TPSA) is 70.1 Å². The van der Waals surface area contributed by atoms with Crippen LogP contribution in [0.15, 0.2) is 48.0 Å². The van der Waals surface area contributed by atoms with Crippen LogP contribution < -0.4 is 4.74 Å². The number of amides is 1. The molecule has 0 radical (unpaired) electrons. The summed E-state index contributed by atoms with van der Waals surface area (Å²) in [4.78, 5) is 29.3. The molecule has 7 heteroatoms. The number of halogens is 1. The maximum absolute atomic E-state index is 13.6. The van der Waals surface area contributed by atoms with Crippen LogP contribution in [0, 0.1) is 12.7 Å². The van der Waals surface area contributed by atoms with E-state index < -0.39 is 23.5 Å². The van der Waals surface area contributed by atoms with Gasteiger partial charge in [-0.1, -0.05) is 25.5 Å². The highest BCUT2D eigenvalue weighted by atomic mass is 19.1. The first-order valence-electron chi connectivity index (χ1n) is 11.2. The number of aliphatic hydroxyl groups excluding tert-OH is 1. The number of likely N-dealkylation sites (tertiary alicyclic amines) is 1. The van der Waals surface area contributed by atoms with Crippen molar-refractivity contribution >= 4 is 17.4 Å². The van der Waals surface area contributed by atoms with Gasteiger partial charge < -0.3 is 19.6 Å². The highest BCUT2D eigenvalue weighted by Crippen LogP contribution is 2.39. The summed E-state index contributed by atoms with van der Waals surface area (Å²) in [6.45, 7) is 5.38. The van der Waals surface area contributed by atoms with Crippen molar-refractivity contribution < 1.29 is 23.8 Å². The summed E-state index contributed by atoms with van der Waals surface area (Å²) in [5.74, 6) is -1.39. The lowest BCUT2D eigenvalue weighted by atomic mass is 9.94. The van der Waals surface area contributed by atoms with Crippen molar-refractivity contribution in [2.24, 2.45) is 0 Å². The van der Waals surface area contributed by atoms with Crippen molar-refractivity contribution in [1.82, 2.24) is 9.80 Å². The van der Waals surface area contributed by atoms with Gasteiger partial charge in [0.2, 0.25) is 0 Å². The lowest BCUT2D eigenvalue weighted by molar-refractivity contribution is -0.140. The van der Waals surface area contributed by atoms with Crippen LogP contribution in [0.3, 0.4) is 0 Å². The third kappa shape index (κ3) is 5.42. The summed E-state index contributed by atoms with van der Waals surface area (Å²) in [6.07, 6.45) is 1.96. The van der Waals surface area contributed by atoms with Gasteiger partial charge in [0.15, 0.2) is 0 Å². The highest BCUT2D eigenvalue weighted by molar-refractivity contribution is 6.46. The Balaban J connectivity index is 2.04. The molecule has 176 valence electrons. The Bertz CT molecular complexity index is 1050. The number of unbranched alkanes of at least 4 members (excludes halogenated alkanes) is 1.